The maximum atomic E-state index is 12.5. The number of hydrogen-bond acceptors (Lipinski definition) is 2. The van der Waals surface area contributed by atoms with Gasteiger partial charge in [0.1, 0.15) is 0 Å². The Morgan fingerprint density at radius 1 is 1.07 bits per heavy atom. The van der Waals surface area contributed by atoms with Gasteiger partial charge in [-0.05, 0) is 61.8 Å². The highest BCUT2D eigenvalue weighted by Gasteiger charge is 2.28. The third-order valence-corrected chi connectivity index (χ3v) is 5.62. The van der Waals surface area contributed by atoms with Crippen LogP contribution in [0.1, 0.15) is 49.4 Å². The van der Waals surface area contributed by atoms with Gasteiger partial charge in [-0.1, -0.05) is 49.9 Å². The quantitative estimate of drug-likeness (QED) is 0.711. The molecule has 0 spiro atoms. The Labute approximate surface area is 160 Å². The maximum absolute atomic E-state index is 12.5. The number of hydrogen-bond donors (Lipinski definition) is 1. The summed E-state index contributed by atoms with van der Waals surface area (Å²) in [6.45, 7) is 1.97. The Bertz CT molecular complexity index is 1060. The van der Waals surface area contributed by atoms with E-state index in [2.05, 4.69) is 35.3 Å². The average molecular weight is 358 g/mol. The number of benzene rings is 2. The van der Waals surface area contributed by atoms with Crippen molar-refractivity contribution in [2.24, 2.45) is 0 Å². The van der Waals surface area contributed by atoms with Gasteiger partial charge in [0.2, 0.25) is 0 Å². The summed E-state index contributed by atoms with van der Waals surface area (Å²) in [6, 6.07) is 18.7. The van der Waals surface area contributed by atoms with E-state index in [1.807, 2.05) is 31.2 Å². The number of fused-ring (bicyclic) bond motifs is 3. The van der Waals surface area contributed by atoms with Crippen molar-refractivity contribution < 1.29 is 0 Å². The minimum Gasteiger partial charge on any atom is -0.322 e. The Kier molecular flexibility index (Phi) is 5.19. The van der Waals surface area contributed by atoms with Crippen LogP contribution in [0.15, 0.2) is 53.3 Å². The van der Waals surface area contributed by atoms with E-state index in [0.29, 0.717) is 6.42 Å². The van der Waals surface area contributed by atoms with E-state index in [4.69, 9.17) is 0 Å². The van der Waals surface area contributed by atoms with Crippen molar-refractivity contribution in [2.75, 3.05) is 0 Å². The fraction of sp³-hybridized carbons (Fsp3) is 0.333. The molecule has 1 N–H and O–H groups in total. The zero-order chi connectivity index (χ0) is 18.1. The van der Waals surface area contributed by atoms with Crippen LogP contribution in [0.2, 0.25) is 0 Å². The SMILES string of the molecule is C.C[C@@](C#N)(Cc1ccccc1)c1ccc2c3c(c(=O)[nH]c2c1)CCCC3. The van der Waals surface area contributed by atoms with Crippen LogP contribution >= 0.6 is 0 Å². The summed E-state index contributed by atoms with van der Waals surface area (Å²) in [7, 11) is 0. The molecule has 2 aromatic carbocycles. The van der Waals surface area contributed by atoms with Gasteiger partial charge >= 0.3 is 0 Å². The third-order valence-electron chi connectivity index (χ3n) is 5.62. The predicted molar refractivity (Wildman–Crippen MR) is 111 cm³/mol. The van der Waals surface area contributed by atoms with Crippen molar-refractivity contribution in [3.63, 3.8) is 0 Å². The van der Waals surface area contributed by atoms with Gasteiger partial charge in [-0.3, -0.25) is 4.79 Å². The van der Waals surface area contributed by atoms with Crippen LogP contribution in [0, 0.1) is 11.3 Å². The number of aryl methyl sites for hydroxylation is 1. The Morgan fingerprint density at radius 2 is 1.78 bits per heavy atom. The fourth-order valence-electron chi connectivity index (χ4n) is 4.12. The summed E-state index contributed by atoms with van der Waals surface area (Å²) in [5, 5.41) is 11.0. The van der Waals surface area contributed by atoms with Gasteiger partial charge < -0.3 is 4.98 Å². The summed E-state index contributed by atoms with van der Waals surface area (Å²) in [4.78, 5) is 15.5. The van der Waals surface area contributed by atoms with E-state index < -0.39 is 5.41 Å². The van der Waals surface area contributed by atoms with Crippen molar-refractivity contribution in [1.82, 2.24) is 4.98 Å². The number of rotatable bonds is 3. The van der Waals surface area contributed by atoms with Gasteiger partial charge in [0.25, 0.3) is 5.56 Å². The van der Waals surface area contributed by atoms with E-state index in [9.17, 15) is 10.1 Å². The summed E-state index contributed by atoms with van der Waals surface area (Å²) in [6.07, 6.45) is 4.70. The average Bonchev–Trinajstić information content (AvgIpc) is 2.68. The maximum Gasteiger partial charge on any atom is 0.251 e. The summed E-state index contributed by atoms with van der Waals surface area (Å²) < 4.78 is 0. The van der Waals surface area contributed by atoms with Gasteiger partial charge in [-0.25, -0.2) is 0 Å². The highest BCUT2D eigenvalue weighted by molar-refractivity contribution is 5.84. The lowest BCUT2D eigenvalue weighted by Gasteiger charge is -2.24. The molecule has 0 saturated heterocycles. The number of aromatic nitrogens is 1. The normalized spacial score (nSPS) is 15.3. The number of pyridine rings is 1. The van der Waals surface area contributed by atoms with Crippen LogP contribution in [0.25, 0.3) is 10.9 Å². The molecular formula is C24H26N2O. The second kappa shape index (κ2) is 7.40. The molecule has 3 nitrogen and oxygen atoms in total. The van der Waals surface area contributed by atoms with Crippen LogP contribution in [-0.2, 0) is 24.7 Å². The Morgan fingerprint density at radius 3 is 2.48 bits per heavy atom. The standard InChI is InChI=1S/C23H22N2O.CH4/c1-23(15-24,14-16-7-3-2-4-8-16)17-11-12-19-18-9-5-6-10-20(18)22(26)25-21(19)13-17;/h2-4,7-8,11-13H,5-6,9-10,14H2,1H3,(H,25,26);1H4/t23-;/m0./s1. The molecule has 138 valence electrons. The minimum atomic E-state index is -0.637. The molecule has 1 heterocycles. The second-order valence-corrected chi connectivity index (χ2v) is 7.48. The molecule has 0 radical (unpaired) electrons. The smallest absolute Gasteiger partial charge is 0.251 e. The molecule has 0 fully saturated rings. The molecule has 0 amide bonds. The lowest BCUT2D eigenvalue weighted by Crippen LogP contribution is -2.24. The Balaban J connectivity index is 0.00000210. The molecule has 0 saturated carbocycles. The molecule has 0 bridgehead atoms. The van der Waals surface area contributed by atoms with Gasteiger partial charge in [-0.2, -0.15) is 5.26 Å². The topological polar surface area (TPSA) is 56.6 Å². The predicted octanol–water partition coefficient (Wildman–Crippen LogP) is 5.07. The molecule has 1 atom stereocenters. The summed E-state index contributed by atoms with van der Waals surface area (Å²) >= 11 is 0. The molecule has 1 aromatic heterocycles. The van der Waals surface area contributed by atoms with E-state index >= 15 is 0 Å². The number of nitrogens with one attached hydrogen (secondary N) is 1. The highest BCUT2D eigenvalue weighted by atomic mass is 16.1. The van der Waals surface area contributed by atoms with Crippen LogP contribution in [0.3, 0.4) is 0 Å². The lowest BCUT2D eigenvalue weighted by atomic mass is 9.78. The first-order valence-electron chi connectivity index (χ1n) is 9.24. The molecular weight excluding hydrogens is 332 g/mol. The fourth-order valence-corrected chi connectivity index (χ4v) is 4.12. The van der Waals surface area contributed by atoms with Crippen molar-refractivity contribution in [2.45, 2.75) is 51.9 Å². The van der Waals surface area contributed by atoms with Gasteiger partial charge in [-0.15, -0.1) is 0 Å². The number of nitrogens with zero attached hydrogens (tertiary/aromatic N) is 1. The second-order valence-electron chi connectivity index (χ2n) is 7.48. The van der Waals surface area contributed by atoms with Gasteiger partial charge in [0.15, 0.2) is 0 Å². The summed E-state index contributed by atoms with van der Waals surface area (Å²) in [5.41, 5.74) is 4.47. The van der Waals surface area contributed by atoms with Gasteiger partial charge in [0.05, 0.1) is 11.5 Å². The van der Waals surface area contributed by atoms with Crippen LogP contribution in [0.4, 0.5) is 0 Å². The largest absolute Gasteiger partial charge is 0.322 e. The van der Waals surface area contributed by atoms with E-state index in [1.165, 1.54) is 5.56 Å². The number of aromatic amines is 1. The molecule has 0 aliphatic heterocycles. The molecule has 3 aromatic rings. The van der Waals surface area contributed by atoms with E-state index in [0.717, 1.165) is 53.3 Å². The molecule has 1 aliphatic carbocycles. The zero-order valence-corrected chi connectivity index (χ0v) is 15.0. The minimum absolute atomic E-state index is 0. The molecule has 3 heteroatoms. The zero-order valence-electron chi connectivity index (χ0n) is 15.0. The van der Waals surface area contributed by atoms with E-state index in [1.54, 1.807) is 0 Å². The van der Waals surface area contributed by atoms with Crippen LogP contribution in [-0.4, -0.2) is 4.98 Å². The monoisotopic (exact) mass is 358 g/mol. The first-order chi connectivity index (χ1) is 12.6. The van der Waals surface area contributed by atoms with Crippen LogP contribution in [0.5, 0.6) is 0 Å². The summed E-state index contributed by atoms with van der Waals surface area (Å²) in [5.74, 6) is 0. The van der Waals surface area contributed by atoms with E-state index in [-0.39, 0.29) is 13.0 Å². The molecule has 27 heavy (non-hydrogen) atoms. The first-order valence-corrected chi connectivity index (χ1v) is 9.24. The van der Waals surface area contributed by atoms with Crippen LogP contribution < -0.4 is 5.56 Å². The molecule has 4 rings (SSSR count). The van der Waals surface area contributed by atoms with Crippen molar-refractivity contribution in [3.8, 4) is 6.07 Å². The lowest BCUT2D eigenvalue weighted by molar-refractivity contribution is 0.607. The Hall–Kier alpha value is -2.86. The first kappa shape index (κ1) is 18.9. The molecule has 0 unspecified atom stereocenters. The van der Waals surface area contributed by atoms with Crippen molar-refractivity contribution in [1.29, 1.82) is 5.26 Å². The number of nitriles is 1. The highest BCUT2D eigenvalue weighted by Crippen LogP contribution is 2.32. The number of H-pyrrole nitrogens is 1. The van der Waals surface area contributed by atoms with Gasteiger partial charge in [0, 0.05) is 16.5 Å². The third kappa shape index (κ3) is 3.40. The van der Waals surface area contributed by atoms with Crippen molar-refractivity contribution >= 4 is 10.9 Å². The molecule has 1 aliphatic rings. The van der Waals surface area contributed by atoms with Crippen molar-refractivity contribution in [3.05, 3.63) is 81.1 Å².